The first kappa shape index (κ1) is 11.9. The van der Waals surface area contributed by atoms with Crippen LogP contribution in [0.1, 0.15) is 27.0 Å². The molecule has 2 aromatic carbocycles. The van der Waals surface area contributed by atoms with Crippen LogP contribution in [0.4, 0.5) is 0 Å². The molecule has 0 spiro atoms. The van der Waals surface area contributed by atoms with Crippen molar-refractivity contribution in [3.8, 4) is 0 Å². The number of ketones is 1. The first-order valence-corrected chi connectivity index (χ1v) is 5.83. The second-order valence-corrected chi connectivity index (χ2v) is 4.59. The predicted molar refractivity (Wildman–Crippen MR) is 70.8 cm³/mol. The fourth-order valence-corrected chi connectivity index (χ4v) is 1.88. The summed E-state index contributed by atoms with van der Waals surface area (Å²) in [7, 11) is 0. The van der Waals surface area contributed by atoms with Crippen molar-refractivity contribution >= 4 is 17.4 Å². The van der Waals surface area contributed by atoms with Crippen LogP contribution in [0, 0.1) is 13.8 Å². The maximum atomic E-state index is 12.2. The minimum atomic E-state index is -0.0290. The van der Waals surface area contributed by atoms with Crippen LogP contribution in [0.2, 0.25) is 5.02 Å². The van der Waals surface area contributed by atoms with Gasteiger partial charge in [0.1, 0.15) is 0 Å². The Morgan fingerprint density at radius 3 is 2.18 bits per heavy atom. The SMILES string of the molecule is Cc1ccc(C(=O)c2cc(C)ccc2Cl)cc1. The van der Waals surface area contributed by atoms with Crippen molar-refractivity contribution in [1.29, 1.82) is 0 Å². The lowest BCUT2D eigenvalue weighted by molar-refractivity contribution is 0.103. The van der Waals surface area contributed by atoms with Crippen LogP contribution >= 0.6 is 11.6 Å². The number of carbonyl (C=O) groups excluding carboxylic acids is 1. The molecule has 0 bridgehead atoms. The van der Waals surface area contributed by atoms with E-state index in [0.29, 0.717) is 16.1 Å². The van der Waals surface area contributed by atoms with E-state index in [4.69, 9.17) is 11.6 Å². The molecule has 0 N–H and O–H groups in total. The number of aryl methyl sites for hydroxylation is 2. The Morgan fingerprint density at radius 2 is 1.53 bits per heavy atom. The van der Waals surface area contributed by atoms with Crippen molar-refractivity contribution < 1.29 is 4.79 Å². The highest BCUT2D eigenvalue weighted by Gasteiger charge is 2.12. The van der Waals surface area contributed by atoms with Crippen LogP contribution in [-0.2, 0) is 0 Å². The van der Waals surface area contributed by atoms with E-state index in [1.807, 2.05) is 50.2 Å². The van der Waals surface area contributed by atoms with Crippen LogP contribution in [0.15, 0.2) is 42.5 Å². The molecule has 0 saturated carbocycles. The lowest BCUT2D eigenvalue weighted by Crippen LogP contribution is -2.02. The van der Waals surface area contributed by atoms with Gasteiger partial charge in [0.15, 0.2) is 5.78 Å². The van der Waals surface area contributed by atoms with Gasteiger partial charge in [-0.3, -0.25) is 4.79 Å². The Bertz CT molecular complexity index is 556. The predicted octanol–water partition coefficient (Wildman–Crippen LogP) is 4.19. The van der Waals surface area contributed by atoms with Crippen LogP contribution in [0.25, 0.3) is 0 Å². The summed E-state index contributed by atoms with van der Waals surface area (Å²) in [6.45, 7) is 3.94. The third kappa shape index (κ3) is 2.56. The van der Waals surface area contributed by atoms with Gasteiger partial charge in [-0.2, -0.15) is 0 Å². The molecule has 0 aliphatic heterocycles. The first-order valence-electron chi connectivity index (χ1n) is 5.45. The van der Waals surface area contributed by atoms with Crippen LogP contribution in [-0.4, -0.2) is 5.78 Å². The fourth-order valence-electron chi connectivity index (χ4n) is 1.67. The van der Waals surface area contributed by atoms with Gasteiger partial charge < -0.3 is 0 Å². The zero-order valence-electron chi connectivity index (χ0n) is 9.83. The molecule has 0 aromatic heterocycles. The topological polar surface area (TPSA) is 17.1 Å². The zero-order chi connectivity index (χ0) is 12.4. The highest BCUT2D eigenvalue weighted by atomic mass is 35.5. The van der Waals surface area contributed by atoms with Crippen LogP contribution in [0.3, 0.4) is 0 Å². The summed E-state index contributed by atoms with van der Waals surface area (Å²) < 4.78 is 0. The average molecular weight is 245 g/mol. The van der Waals surface area contributed by atoms with Gasteiger partial charge in [0, 0.05) is 11.1 Å². The van der Waals surface area contributed by atoms with E-state index in [-0.39, 0.29) is 5.78 Å². The number of halogens is 1. The van der Waals surface area contributed by atoms with Crippen molar-refractivity contribution in [2.45, 2.75) is 13.8 Å². The van der Waals surface area contributed by atoms with E-state index in [1.165, 1.54) is 0 Å². The van der Waals surface area contributed by atoms with Gasteiger partial charge in [0.05, 0.1) is 5.02 Å². The quantitative estimate of drug-likeness (QED) is 0.724. The lowest BCUT2D eigenvalue weighted by atomic mass is 10.0. The maximum absolute atomic E-state index is 12.2. The van der Waals surface area contributed by atoms with E-state index >= 15 is 0 Å². The third-order valence-corrected chi connectivity index (χ3v) is 3.01. The molecule has 17 heavy (non-hydrogen) atoms. The number of benzene rings is 2. The summed E-state index contributed by atoms with van der Waals surface area (Å²) in [6.07, 6.45) is 0. The molecule has 0 unspecified atom stereocenters. The molecular formula is C15H13ClO. The molecule has 2 heteroatoms. The average Bonchev–Trinajstić information content (AvgIpc) is 2.32. The molecule has 0 saturated heterocycles. The molecule has 0 fully saturated rings. The molecule has 86 valence electrons. The Balaban J connectivity index is 2.43. The number of carbonyl (C=O) groups is 1. The maximum Gasteiger partial charge on any atom is 0.194 e. The fraction of sp³-hybridized carbons (Fsp3) is 0.133. The summed E-state index contributed by atoms with van der Waals surface area (Å²) in [5, 5.41) is 0.501. The van der Waals surface area contributed by atoms with E-state index < -0.39 is 0 Å². The monoisotopic (exact) mass is 244 g/mol. The van der Waals surface area contributed by atoms with Crippen LogP contribution in [0.5, 0.6) is 0 Å². The van der Waals surface area contributed by atoms with Crippen molar-refractivity contribution in [2.75, 3.05) is 0 Å². The van der Waals surface area contributed by atoms with Crippen LogP contribution < -0.4 is 0 Å². The molecule has 0 aliphatic rings. The summed E-state index contributed by atoms with van der Waals surface area (Å²) in [5.41, 5.74) is 3.40. The van der Waals surface area contributed by atoms with Crippen molar-refractivity contribution in [3.05, 3.63) is 69.7 Å². The van der Waals surface area contributed by atoms with Gasteiger partial charge in [-0.05, 0) is 26.0 Å². The molecular weight excluding hydrogens is 232 g/mol. The normalized spacial score (nSPS) is 10.3. The highest BCUT2D eigenvalue weighted by Crippen LogP contribution is 2.21. The molecule has 0 amide bonds. The van der Waals surface area contributed by atoms with Gasteiger partial charge >= 0.3 is 0 Å². The second-order valence-electron chi connectivity index (χ2n) is 4.18. The van der Waals surface area contributed by atoms with E-state index in [2.05, 4.69) is 0 Å². The summed E-state index contributed by atoms with van der Waals surface area (Å²) in [5.74, 6) is -0.0290. The second kappa shape index (κ2) is 4.72. The minimum absolute atomic E-state index is 0.0290. The molecule has 0 atom stereocenters. The molecule has 0 heterocycles. The van der Waals surface area contributed by atoms with Crippen molar-refractivity contribution in [1.82, 2.24) is 0 Å². The zero-order valence-corrected chi connectivity index (χ0v) is 10.6. The Hall–Kier alpha value is -1.60. The van der Waals surface area contributed by atoms with E-state index in [9.17, 15) is 4.79 Å². The third-order valence-electron chi connectivity index (χ3n) is 2.68. The Labute approximate surface area is 106 Å². The van der Waals surface area contributed by atoms with Gasteiger partial charge in [-0.25, -0.2) is 0 Å². The number of hydrogen-bond donors (Lipinski definition) is 0. The molecule has 0 aliphatic carbocycles. The summed E-state index contributed by atoms with van der Waals surface area (Å²) in [4.78, 5) is 12.2. The molecule has 1 nitrogen and oxygen atoms in total. The first-order chi connectivity index (χ1) is 8.08. The van der Waals surface area contributed by atoms with Crippen molar-refractivity contribution in [2.24, 2.45) is 0 Å². The van der Waals surface area contributed by atoms with E-state index in [1.54, 1.807) is 6.07 Å². The van der Waals surface area contributed by atoms with Gasteiger partial charge in [-0.15, -0.1) is 0 Å². The smallest absolute Gasteiger partial charge is 0.194 e. The lowest BCUT2D eigenvalue weighted by Gasteiger charge is -2.05. The summed E-state index contributed by atoms with van der Waals surface area (Å²) >= 11 is 6.05. The standard InChI is InChI=1S/C15H13ClO/c1-10-3-6-12(7-4-10)15(17)13-9-11(2)5-8-14(13)16/h3-9H,1-2H3. The number of hydrogen-bond acceptors (Lipinski definition) is 1. The van der Waals surface area contributed by atoms with Gasteiger partial charge in [0.2, 0.25) is 0 Å². The Morgan fingerprint density at radius 1 is 0.941 bits per heavy atom. The Kier molecular flexibility index (Phi) is 3.30. The number of rotatable bonds is 2. The minimum Gasteiger partial charge on any atom is -0.289 e. The summed E-state index contributed by atoms with van der Waals surface area (Å²) in [6, 6.07) is 13.0. The highest BCUT2D eigenvalue weighted by molar-refractivity contribution is 6.35. The largest absolute Gasteiger partial charge is 0.289 e. The van der Waals surface area contributed by atoms with Gasteiger partial charge in [-0.1, -0.05) is 53.1 Å². The molecule has 2 rings (SSSR count). The molecule has 0 radical (unpaired) electrons. The molecule has 2 aromatic rings. The van der Waals surface area contributed by atoms with Gasteiger partial charge in [0.25, 0.3) is 0 Å². The van der Waals surface area contributed by atoms with Crippen molar-refractivity contribution in [3.63, 3.8) is 0 Å². The van der Waals surface area contributed by atoms with E-state index in [0.717, 1.165) is 11.1 Å².